The molecule has 0 aliphatic carbocycles. The molecule has 7 nitrogen and oxygen atoms in total. The summed E-state index contributed by atoms with van der Waals surface area (Å²) in [4.78, 5) is 26.5. The summed E-state index contributed by atoms with van der Waals surface area (Å²) in [7, 11) is 1.52. The van der Waals surface area contributed by atoms with E-state index in [0.29, 0.717) is 23.4 Å². The van der Waals surface area contributed by atoms with E-state index in [-0.39, 0.29) is 23.9 Å². The van der Waals surface area contributed by atoms with Crippen molar-refractivity contribution in [2.75, 3.05) is 20.2 Å². The van der Waals surface area contributed by atoms with Gasteiger partial charge < -0.3 is 20.3 Å². The number of halogens is 2. The number of likely N-dealkylation sites (N-methyl/N-ethyl adjacent to an activating group) is 1. The Balaban J connectivity index is 3.52. The largest absolute Gasteiger partial charge is 0.444 e. The highest BCUT2D eigenvalue weighted by molar-refractivity contribution is 6.42. The zero-order valence-electron chi connectivity index (χ0n) is 18.2. The van der Waals surface area contributed by atoms with Gasteiger partial charge in [0, 0.05) is 26.4 Å². The Morgan fingerprint density at radius 3 is 2.37 bits per heavy atom. The molecule has 2 amide bonds. The van der Waals surface area contributed by atoms with Crippen LogP contribution >= 0.6 is 23.2 Å². The number of aliphatic hydroxyl groups is 2. The molecule has 0 aliphatic heterocycles. The van der Waals surface area contributed by atoms with E-state index >= 15 is 0 Å². The SMILES string of the molecule is CCCC(=O)NCC(CC(O)CO)(c1ccc(Cl)c(Cl)c1)N(C)C(=O)OC(C)(C)C. The number of aliphatic hydroxyl groups excluding tert-OH is 2. The average molecular weight is 463 g/mol. The molecule has 9 heteroatoms. The first kappa shape index (κ1) is 26.5. The van der Waals surface area contributed by atoms with Crippen LogP contribution in [-0.2, 0) is 15.1 Å². The van der Waals surface area contributed by atoms with Crippen LogP contribution < -0.4 is 5.32 Å². The van der Waals surface area contributed by atoms with Gasteiger partial charge in [0.15, 0.2) is 0 Å². The Kier molecular flexibility index (Phi) is 9.88. The summed E-state index contributed by atoms with van der Waals surface area (Å²) in [5, 5.41) is 23.2. The van der Waals surface area contributed by atoms with Crippen molar-refractivity contribution in [2.24, 2.45) is 0 Å². The molecule has 3 N–H and O–H groups in total. The topological polar surface area (TPSA) is 99.1 Å². The third kappa shape index (κ3) is 7.30. The molecule has 2 atom stereocenters. The van der Waals surface area contributed by atoms with E-state index in [9.17, 15) is 19.8 Å². The average Bonchev–Trinajstić information content (AvgIpc) is 2.65. The van der Waals surface area contributed by atoms with Crippen molar-refractivity contribution in [3.63, 3.8) is 0 Å². The highest BCUT2D eigenvalue weighted by atomic mass is 35.5. The van der Waals surface area contributed by atoms with E-state index in [1.807, 2.05) is 6.92 Å². The standard InChI is InChI=1S/C21H32Cl2N2O5/c1-6-7-18(28)24-13-21(11-15(27)12-26,14-8-9-16(22)17(23)10-14)25(5)19(29)30-20(2,3)4/h8-10,15,26-27H,6-7,11-13H2,1-5H3,(H,24,28). The Hall–Kier alpha value is -1.54. The predicted molar refractivity (Wildman–Crippen MR) is 118 cm³/mol. The predicted octanol–water partition coefficient (Wildman–Crippen LogP) is 3.72. The van der Waals surface area contributed by atoms with Crippen LogP contribution in [0.15, 0.2) is 18.2 Å². The van der Waals surface area contributed by atoms with E-state index < -0.39 is 29.9 Å². The van der Waals surface area contributed by atoms with Crippen molar-refractivity contribution >= 4 is 35.2 Å². The van der Waals surface area contributed by atoms with Gasteiger partial charge in [-0.1, -0.05) is 36.2 Å². The van der Waals surface area contributed by atoms with Crippen LogP contribution in [-0.4, -0.2) is 59.0 Å². The van der Waals surface area contributed by atoms with Gasteiger partial charge in [-0.05, 0) is 44.9 Å². The number of amides is 2. The lowest BCUT2D eigenvalue weighted by Crippen LogP contribution is -2.56. The quantitative estimate of drug-likeness (QED) is 0.519. The summed E-state index contributed by atoms with van der Waals surface area (Å²) >= 11 is 12.3. The second kappa shape index (κ2) is 11.2. The highest BCUT2D eigenvalue weighted by Gasteiger charge is 2.43. The lowest BCUT2D eigenvalue weighted by molar-refractivity contribution is -0.122. The molecule has 2 unspecified atom stereocenters. The summed E-state index contributed by atoms with van der Waals surface area (Å²) in [5.74, 6) is -0.196. The van der Waals surface area contributed by atoms with Gasteiger partial charge in [0.05, 0.1) is 28.3 Å². The lowest BCUT2D eigenvalue weighted by Gasteiger charge is -2.44. The van der Waals surface area contributed by atoms with Crippen LogP contribution in [0.4, 0.5) is 4.79 Å². The number of rotatable bonds is 9. The van der Waals surface area contributed by atoms with Crippen molar-refractivity contribution in [1.82, 2.24) is 10.2 Å². The molecule has 1 rings (SSSR count). The molecule has 0 fully saturated rings. The van der Waals surface area contributed by atoms with Crippen molar-refractivity contribution in [2.45, 2.75) is 64.2 Å². The Labute approximate surface area is 188 Å². The number of hydrogen-bond acceptors (Lipinski definition) is 5. The molecular weight excluding hydrogens is 431 g/mol. The minimum atomic E-state index is -1.25. The van der Waals surface area contributed by atoms with Gasteiger partial charge >= 0.3 is 6.09 Å². The summed E-state index contributed by atoms with van der Waals surface area (Å²) in [5.41, 5.74) is -1.47. The molecule has 0 aliphatic rings. The first-order chi connectivity index (χ1) is 13.9. The van der Waals surface area contributed by atoms with E-state index in [1.54, 1.807) is 39.0 Å². The van der Waals surface area contributed by atoms with Crippen LogP contribution in [0.1, 0.15) is 52.5 Å². The maximum atomic E-state index is 13.0. The van der Waals surface area contributed by atoms with Crippen molar-refractivity contribution in [3.8, 4) is 0 Å². The molecule has 0 spiro atoms. The molecule has 1 aromatic carbocycles. The van der Waals surface area contributed by atoms with E-state index in [0.717, 1.165) is 0 Å². The summed E-state index contributed by atoms with van der Waals surface area (Å²) < 4.78 is 5.52. The second-order valence-electron chi connectivity index (χ2n) is 8.27. The van der Waals surface area contributed by atoms with Gasteiger partial charge in [-0.15, -0.1) is 0 Å². The maximum Gasteiger partial charge on any atom is 0.410 e. The normalized spacial score (nSPS) is 14.6. The molecule has 1 aromatic rings. The molecule has 0 saturated carbocycles. The molecule has 30 heavy (non-hydrogen) atoms. The highest BCUT2D eigenvalue weighted by Crippen LogP contribution is 2.36. The minimum absolute atomic E-state index is 0.0173. The van der Waals surface area contributed by atoms with Crippen LogP contribution in [0.2, 0.25) is 10.0 Å². The van der Waals surface area contributed by atoms with Crippen molar-refractivity contribution in [1.29, 1.82) is 0 Å². The molecule has 170 valence electrons. The molecule has 0 bridgehead atoms. The van der Waals surface area contributed by atoms with Crippen molar-refractivity contribution in [3.05, 3.63) is 33.8 Å². The van der Waals surface area contributed by atoms with Crippen LogP contribution in [0, 0.1) is 0 Å². The van der Waals surface area contributed by atoms with Crippen LogP contribution in [0.25, 0.3) is 0 Å². The third-order valence-corrected chi connectivity index (χ3v) is 5.34. The first-order valence-corrected chi connectivity index (χ1v) is 10.6. The number of hydrogen-bond donors (Lipinski definition) is 3. The molecular formula is C21H32Cl2N2O5. The van der Waals surface area contributed by atoms with Crippen LogP contribution in [0.3, 0.4) is 0 Å². The summed E-state index contributed by atoms with van der Waals surface area (Å²) in [6.45, 7) is 6.57. The number of ether oxygens (including phenoxy) is 1. The molecule has 0 aromatic heterocycles. The van der Waals surface area contributed by atoms with Gasteiger partial charge in [-0.3, -0.25) is 9.69 Å². The first-order valence-electron chi connectivity index (χ1n) is 9.84. The van der Waals surface area contributed by atoms with E-state index in [2.05, 4.69) is 5.32 Å². The van der Waals surface area contributed by atoms with Crippen molar-refractivity contribution < 1.29 is 24.5 Å². The number of benzene rings is 1. The van der Waals surface area contributed by atoms with Gasteiger partial charge in [0.1, 0.15) is 5.60 Å². The molecule has 0 heterocycles. The third-order valence-electron chi connectivity index (χ3n) is 4.61. The number of nitrogens with zero attached hydrogens (tertiary/aromatic N) is 1. The zero-order valence-corrected chi connectivity index (χ0v) is 19.7. The monoisotopic (exact) mass is 462 g/mol. The van der Waals surface area contributed by atoms with E-state index in [4.69, 9.17) is 27.9 Å². The minimum Gasteiger partial charge on any atom is -0.444 e. The summed E-state index contributed by atoms with van der Waals surface area (Å²) in [6.07, 6.45) is -0.900. The fourth-order valence-corrected chi connectivity index (χ4v) is 3.34. The zero-order chi connectivity index (χ0) is 23.1. The van der Waals surface area contributed by atoms with Gasteiger partial charge in [0.25, 0.3) is 0 Å². The summed E-state index contributed by atoms with van der Waals surface area (Å²) in [6, 6.07) is 4.84. The van der Waals surface area contributed by atoms with Gasteiger partial charge in [-0.25, -0.2) is 4.79 Å². The van der Waals surface area contributed by atoms with Gasteiger partial charge in [0.2, 0.25) is 5.91 Å². The smallest absolute Gasteiger partial charge is 0.410 e. The Morgan fingerprint density at radius 1 is 1.23 bits per heavy atom. The van der Waals surface area contributed by atoms with E-state index in [1.165, 1.54) is 11.9 Å². The Bertz CT molecular complexity index is 739. The lowest BCUT2D eigenvalue weighted by atomic mass is 9.82. The number of nitrogens with one attached hydrogen (secondary N) is 1. The number of carbonyl (C=O) groups is 2. The molecule has 0 radical (unpaired) electrons. The second-order valence-corrected chi connectivity index (χ2v) is 9.08. The fourth-order valence-electron chi connectivity index (χ4n) is 3.05. The Morgan fingerprint density at radius 2 is 1.87 bits per heavy atom. The molecule has 0 saturated heterocycles. The maximum absolute atomic E-state index is 13.0. The van der Waals surface area contributed by atoms with Crippen LogP contribution in [0.5, 0.6) is 0 Å². The fraction of sp³-hybridized carbons (Fsp3) is 0.619. The van der Waals surface area contributed by atoms with Gasteiger partial charge in [-0.2, -0.15) is 0 Å². The number of carbonyl (C=O) groups excluding carboxylic acids is 2.